The third-order valence-electron chi connectivity index (χ3n) is 2.23. The third-order valence-corrected chi connectivity index (χ3v) is 2.23. The summed E-state index contributed by atoms with van der Waals surface area (Å²) in [7, 11) is 0. The van der Waals surface area contributed by atoms with E-state index in [9.17, 15) is 4.79 Å². The van der Waals surface area contributed by atoms with Crippen LogP contribution < -0.4 is 0 Å². The zero-order valence-electron chi connectivity index (χ0n) is 8.29. The minimum atomic E-state index is -0.947. The number of nitrogens with zero attached hydrogens (tertiary/aromatic N) is 2. The Labute approximate surface area is 92.0 Å². The van der Waals surface area contributed by atoms with Gasteiger partial charge in [-0.2, -0.15) is 5.26 Å². The molecular weight excluding hydrogens is 204 g/mol. The summed E-state index contributed by atoms with van der Waals surface area (Å²) < 4.78 is 1.77. The van der Waals surface area contributed by atoms with Crippen LogP contribution in [-0.2, 0) is 0 Å². The molecular formula is C12H8N2O2. The van der Waals surface area contributed by atoms with Gasteiger partial charge in [0.15, 0.2) is 0 Å². The molecule has 0 aliphatic rings. The van der Waals surface area contributed by atoms with E-state index in [1.165, 1.54) is 12.1 Å². The second kappa shape index (κ2) is 3.91. The highest BCUT2D eigenvalue weighted by Gasteiger charge is 2.03. The Balaban J connectivity index is 2.35. The van der Waals surface area contributed by atoms with E-state index in [4.69, 9.17) is 10.4 Å². The van der Waals surface area contributed by atoms with Crippen molar-refractivity contribution in [2.24, 2.45) is 0 Å². The number of carbonyl (C=O) groups is 1. The molecule has 1 aromatic heterocycles. The Hall–Kier alpha value is -2.54. The van der Waals surface area contributed by atoms with E-state index >= 15 is 0 Å². The fourth-order valence-corrected chi connectivity index (χ4v) is 1.40. The van der Waals surface area contributed by atoms with Crippen LogP contribution in [0.15, 0.2) is 42.7 Å². The lowest BCUT2D eigenvalue weighted by Gasteiger charge is -2.02. The maximum absolute atomic E-state index is 10.6. The second-order valence-corrected chi connectivity index (χ2v) is 3.27. The van der Waals surface area contributed by atoms with Gasteiger partial charge in [-0.25, -0.2) is 4.79 Å². The predicted octanol–water partition coefficient (Wildman–Crippen LogP) is 2.05. The summed E-state index contributed by atoms with van der Waals surface area (Å²) in [6.45, 7) is 0. The number of hydrogen-bond donors (Lipinski definition) is 1. The van der Waals surface area contributed by atoms with Crippen molar-refractivity contribution >= 4 is 5.97 Å². The fourth-order valence-electron chi connectivity index (χ4n) is 1.40. The van der Waals surface area contributed by atoms with Crippen molar-refractivity contribution < 1.29 is 9.90 Å². The molecule has 0 atom stereocenters. The van der Waals surface area contributed by atoms with E-state index < -0.39 is 5.97 Å². The monoisotopic (exact) mass is 212 g/mol. The Morgan fingerprint density at radius 1 is 1.25 bits per heavy atom. The third kappa shape index (κ3) is 1.79. The zero-order valence-corrected chi connectivity index (χ0v) is 8.29. The van der Waals surface area contributed by atoms with Crippen LogP contribution >= 0.6 is 0 Å². The maximum Gasteiger partial charge on any atom is 0.335 e. The maximum atomic E-state index is 10.6. The Bertz CT molecular complexity index is 561. The molecule has 4 nitrogen and oxygen atoms in total. The van der Waals surface area contributed by atoms with E-state index in [-0.39, 0.29) is 5.56 Å². The summed E-state index contributed by atoms with van der Waals surface area (Å²) >= 11 is 0. The molecule has 0 bridgehead atoms. The molecule has 0 radical (unpaired) electrons. The minimum Gasteiger partial charge on any atom is -0.478 e. The van der Waals surface area contributed by atoms with Crippen LogP contribution in [0.4, 0.5) is 0 Å². The highest BCUT2D eigenvalue weighted by Crippen LogP contribution is 2.11. The topological polar surface area (TPSA) is 66.0 Å². The Morgan fingerprint density at radius 3 is 2.44 bits per heavy atom. The Morgan fingerprint density at radius 2 is 1.94 bits per heavy atom. The second-order valence-electron chi connectivity index (χ2n) is 3.27. The van der Waals surface area contributed by atoms with Crippen molar-refractivity contribution in [1.29, 1.82) is 5.26 Å². The normalized spacial score (nSPS) is 9.69. The molecule has 16 heavy (non-hydrogen) atoms. The van der Waals surface area contributed by atoms with Crippen molar-refractivity contribution in [1.82, 2.24) is 4.57 Å². The summed E-state index contributed by atoms with van der Waals surface area (Å²) in [5, 5.41) is 17.4. The van der Waals surface area contributed by atoms with Gasteiger partial charge in [0.05, 0.1) is 11.1 Å². The lowest BCUT2D eigenvalue weighted by Crippen LogP contribution is -1.96. The highest BCUT2D eigenvalue weighted by molar-refractivity contribution is 5.87. The van der Waals surface area contributed by atoms with Gasteiger partial charge in [0.2, 0.25) is 0 Å². The highest BCUT2D eigenvalue weighted by atomic mass is 16.4. The van der Waals surface area contributed by atoms with Gasteiger partial charge >= 0.3 is 5.97 Å². The number of nitriles is 1. The van der Waals surface area contributed by atoms with Crippen molar-refractivity contribution in [3.8, 4) is 11.8 Å². The zero-order chi connectivity index (χ0) is 11.5. The molecule has 1 heterocycles. The van der Waals surface area contributed by atoms with E-state index in [0.29, 0.717) is 5.56 Å². The molecule has 0 aliphatic carbocycles. The lowest BCUT2D eigenvalue weighted by atomic mass is 10.2. The summed E-state index contributed by atoms with van der Waals surface area (Å²) in [5.74, 6) is -0.947. The van der Waals surface area contributed by atoms with E-state index in [1.807, 2.05) is 6.07 Å². The average molecular weight is 212 g/mol. The summed E-state index contributed by atoms with van der Waals surface area (Å²) in [6, 6.07) is 10.2. The van der Waals surface area contributed by atoms with Gasteiger partial charge < -0.3 is 9.67 Å². The first kappa shape index (κ1) is 9.99. The van der Waals surface area contributed by atoms with Crippen LogP contribution in [-0.4, -0.2) is 15.6 Å². The molecule has 1 N–H and O–H groups in total. The minimum absolute atomic E-state index is 0.247. The van der Waals surface area contributed by atoms with Gasteiger partial charge in [-0.1, -0.05) is 0 Å². The van der Waals surface area contributed by atoms with Crippen LogP contribution in [0.25, 0.3) is 5.69 Å². The van der Waals surface area contributed by atoms with Crippen LogP contribution in [0.2, 0.25) is 0 Å². The fraction of sp³-hybridized carbons (Fsp3) is 0. The summed E-state index contributed by atoms with van der Waals surface area (Å²) in [4.78, 5) is 10.6. The molecule has 2 rings (SSSR count). The Kier molecular flexibility index (Phi) is 2.44. The first-order valence-corrected chi connectivity index (χ1v) is 4.62. The molecule has 0 spiro atoms. The van der Waals surface area contributed by atoms with E-state index in [2.05, 4.69) is 0 Å². The van der Waals surface area contributed by atoms with Crippen LogP contribution in [0, 0.1) is 11.3 Å². The van der Waals surface area contributed by atoms with Crippen LogP contribution in [0.3, 0.4) is 0 Å². The molecule has 1 aromatic carbocycles. The number of carboxylic acid groups (broad SMARTS) is 1. The number of hydrogen-bond acceptors (Lipinski definition) is 2. The smallest absolute Gasteiger partial charge is 0.335 e. The molecule has 0 saturated carbocycles. The number of aromatic carboxylic acids is 1. The van der Waals surface area contributed by atoms with Crippen LogP contribution in [0.1, 0.15) is 15.9 Å². The number of carboxylic acids is 1. The SMILES string of the molecule is N#Cc1ccn(-c2ccc(C(=O)O)cc2)c1. The molecule has 0 unspecified atom stereocenters. The van der Waals surface area contributed by atoms with Crippen molar-refractivity contribution in [3.05, 3.63) is 53.9 Å². The lowest BCUT2D eigenvalue weighted by molar-refractivity contribution is 0.0697. The first-order chi connectivity index (χ1) is 7.70. The molecule has 0 aliphatic heterocycles. The standard InChI is InChI=1S/C12H8N2O2/c13-7-9-5-6-14(8-9)11-3-1-10(2-4-11)12(15)16/h1-6,8H,(H,15,16). The summed E-state index contributed by atoms with van der Waals surface area (Å²) in [6.07, 6.45) is 3.45. The van der Waals surface area contributed by atoms with E-state index in [0.717, 1.165) is 5.69 Å². The predicted molar refractivity (Wildman–Crippen MR) is 57.4 cm³/mol. The number of rotatable bonds is 2. The van der Waals surface area contributed by atoms with Gasteiger partial charge in [0.1, 0.15) is 6.07 Å². The quantitative estimate of drug-likeness (QED) is 0.828. The molecule has 78 valence electrons. The largest absolute Gasteiger partial charge is 0.478 e. The van der Waals surface area contributed by atoms with Crippen molar-refractivity contribution in [3.63, 3.8) is 0 Å². The van der Waals surface area contributed by atoms with Gasteiger partial charge in [-0.3, -0.25) is 0 Å². The van der Waals surface area contributed by atoms with Gasteiger partial charge in [0, 0.05) is 18.1 Å². The molecule has 0 amide bonds. The van der Waals surface area contributed by atoms with Gasteiger partial charge in [-0.15, -0.1) is 0 Å². The molecule has 0 fully saturated rings. The molecule has 2 aromatic rings. The number of benzene rings is 1. The average Bonchev–Trinajstić information content (AvgIpc) is 2.77. The first-order valence-electron chi connectivity index (χ1n) is 4.62. The van der Waals surface area contributed by atoms with Crippen LogP contribution in [0.5, 0.6) is 0 Å². The van der Waals surface area contributed by atoms with Crippen molar-refractivity contribution in [2.75, 3.05) is 0 Å². The van der Waals surface area contributed by atoms with Crippen molar-refractivity contribution in [2.45, 2.75) is 0 Å². The van der Waals surface area contributed by atoms with Gasteiger partial charge in [-0.05, 0) is 30.3 Å². The van der Waals surface area contributed by atoms with E-state index in [1.54, 1.807) is 35.2 Å². The molecule has 0 saturated heterocycles. The number of aromatic nitrogens is 1. The van der Waals surface area contributed by atoms with Gasteiger partial charge in [0.25, 0.3) is 0 Å². The molecule has 4 heteroatoms. The summed E-state index contributed by atoms with van der Waals surface area (Å²) in [5.41, 5.74) is 1.64.